The maximum absolute atomic E-state index is 10.6. The molecule has 0 fully saturated rings. The van der Waals surface area contributed by atoms with Crippen molar-refractivity contribution in [2.24, 2.45) is 0 Å². The second-order valence-electron chi connectivity index (χ2n) is 2.48. The zero-order valence-electron chi connectivity index (χ0n) is 6.93. The molecule has 0 aliphatic rings. The van der Waals surface area contributed by atoms with Gasteiger partial charge in [-0.2, -0.15) is 0 Å². The molecule has 1 amide bonds. The predicted octanol–water partition coefficient (Wildman–Crippen LogP) is -0.311. The molecule has 0 radical (unpaired) electrons. The largest absolute Gasteiger partial charge is 0.474 e. The standard InChI is InChI=1S/C8H10N2O3/c11-7(8(12)13)9-3-6-10-4-1-2-5-10/h1-2,4-5H,3,6H2,(H,9,11)(H,12,13). The summed E-state index contributed by atoms with van der Waals surface area (Å²) in [5, 5.41) is 10.5. The number of carboxylic acids is 1. The van der Waals surface area contributed by atoms with Crippen LogP contribution in [0.4, 0.5) is 0 Å². The first-order chi connectivity index (χ1) is 6.20. The Balaban J connectivity index is 2.22. The predicted molar refractivity (Wildman–Crippen MR) is 45.1 cm³/mol. The van der Waals surface area contributed by atoms with E-state index in [4.69, 9.17) is 5.11 Å². The minimum atomic E-state index is -1.45. The summed E-state index contributed by atoms with van der Waals surface area (Å²) in [5.41, 5.74) is 0. The third-order valence-corrected chi connectivity index (χ3v) is 1.52. The molecule has 0 atom stereocenters. The Morgan fingerprint density at radius 1 is 1.31 bits per heavy atom. The van der Waals surface area contributed by atoms with E-state index in [1.807, 2.05) is 29.1 Å². The number of rotatable bonds is 3. The molecule has 0 saturated heterocycles. The molecule has 70 valence electrons. The van der Waals surface area contributed by atoms with E-state index in [9.17, 15) is 9.59 Å². The quantitative estimate of drug-likeness (QED) is 0.630. The molecular weight excluding hydrogens is 172 g/mol. The third kappa shape index (κ3) is 2.98. The molecule has 0 aliphatic heterocycles. The molecule has 1 aromatic rings. The van der Waals surface area contributed by atoms with Gasteiger partial charge in [-0.1, -0.05) is 0 Å². The third-order valence-electron chi connectivity index (χ3n) is 1.52. The molecule has 2 N–H and O–H groups in total. The van der Waals surface area contributed by atoms with Gasteiger partial charge in [-0.05, 0) is 12.1 Å². The summed E-state index contributed by atoms with van der Waals surface area (Å²) in [5.74, 6) is -2.42. The number of hydrogen-bond donors (Lipinski definition) is 2. The van der Waals surface area contributed by atoms with Crippen LogP contribution < -0.4 is 5.32 Å². The van der Waals surface area contributed by atoms with E-state index in [0.29, 0.717) is 13.1 Å². The number of nitrogens with one attached hydrogen (secondary N) is 1. The average Bonchev–Trinajstić information content (AvgIpc) is 2.56. The highest BCUT2D eigenvalue weighted by atomic mass is 16.4. The van der Waals surface area contributed by atoms with Crippen molar-refractivity contribution in [3.63, 3.8) is 0 Å². The lowest BCUT2D eigenvalue weighted by molar-refractivity contribution is -0.150. The van der Waals surface area contributed by atoms with Gasteiger partial charge in [-0.15, -0.1) is 0 Å². The van der Waals surface area contributed by atoms with Crippen LogP contribution in [0.2, 0.25) is 0 Å². The van der Waals surface area contributed by atoms with E-state index in [1.54, 1.807) is 0 Å². The van der Waals surface area contributed by atoms with Crippen molar-refractivity contribution in [3.8, 4) is 0 Å². The molecule has 5 heteroatoms. The molecule has 5 nitrogen and oxygen atoms in total. The normalized spacial score (nSPS) is 9.54. The van der Waals surface area contributed by atoms with Crippen molar-refractivity contribution in [2.45, 2.75) is 6.54 Å². The van der Waals surface area contributed by atoms with Gasteiger partial charge in [-0.3, -0.25) is 4.79 Å². The zero-order valence-corrected chi connectivity index (χ0v) is 6.93. The van der Waals surface area contributed by atoms with E-state index in [2.05, 4.69) is 5.32 Å². The highest BCUT2D eigenvalue weighted by Gasteiger charge is 2.08. The molecule has 0 bridgehead atoms. The van der Waals surface area contributed by atoms with Crippen molar-refractivity contribution in [1.82, 2.24) is 9.88 Å². The summed E-state index contributed by atoms with van der Waals surface area (Å²) in [6.45, 7) is 0.895. The Bertz CT molecular complexity index is 292. The van der Waals surface area contributed by atoms with Crippen LogP contribution in [0.25, 0.3) is 0 Å². The number of hydrogen-bond acceptors (Lipinski definition) is 2. The number of carbonyl (C=O) groups is 2. The van der Waals surface area contributed by atoms with Crippen LogP contribution >= 0.6 is 0 Å². The van der Waals surface area contributed by atoms with Gasteiger partial charge in [0.25, 0.3) is 0 Å². The van der Waals surface area contributed by atoms with Crippen LogP contribution in [0.15, 0.2) is 24.5 Å². The van der Waals surface area contributed by atoms with Crippen molar-refractivity contribution >= 4 is 11.9 Å². The second-order valence-corrected chi connectivity index (χ2v) is 2.48. The zero-order chi connectivity index (χ0) is 9.68. The molecule has 13 heavy (non-hydrogen) atoms. The summed E-state index contributed by atoms with van der Waals surface area (Å²) < 4.78 is 1.85. The van der Waals surface area contributed by atoms with E-state index >= 15 is 0 Å². The Morgan fingerprint density at radius 3 is 2.46 bits per heavy atom. The molecule has 0 spiro atoms. The van der Waals surface area contributed by atoms with E-state index in [1.165, 1.54) is 0 Å². The lowest BCUT2D eigenvalue weighted by Crippen LogP contribution is -2.32. The lowest BCUT2D eigenvalue weighted by atomic mass is 10.5. The van der Waals surface area contributed by atoms with Crippen LogP contribution in [0.1, 0.15) is 0 Å². The maximum atomic E-state index is 10.6. The average molecular weight is 182 g/mol. The summed E-state index contributed by atoms with van der Waals surface area (Å²) in [6.07, 6.45) is 3.68. The number of amides is 1. The fraction of sp³-hybridized carbons (Fsp3) is 0.250. The molecular formula is C8H10N2O3. The number of aromatic nitrogens is 1. The smallest absolute Gasteiger partial charge is 0.394 e. The van der Waals surface area contributed by atoms with Crippen LogP contribution in [-0.4, -0.2) is 28.1 Å². The second kappa shape index (κ2) is 4.30. The first-order valence-electron chi connectivity index (χ1n) is 3.82. The first kappa shape index (κ1) is 9.31. The lowest BCUT2D eigenvalue weighted by Gasteiger charge is -2.02. The fourth-order valence-electron chi connectivity index (χ4n) is 0.893. The Hall–Kier alpha value is -1.78. The fourth-order valence-corrected chi connectivity index (χ4v) is 0.893. The van der Waals surface area contributed by atoms with Gasteiger partial charge in [0.15, 0.2) is 0 Å². The van der Waals surface area contributed by atoms with Gasteiger partial charge in [0.2, 0.25) is 0 Å². The van der Waals surface area contributed by atoms with Crippen LogP contribution in [0.5, 0.6) is 0 Å². The number of aliphatic carboxylic acids is 1. The maximum Gasteiger partial charge on any atom is 0.394 e. The van der Waals surface area contributed by atoms with Gasteiger partial charge in [0.05, 0.1) is 0 Å². The Kier molecular flexibility index (Phi) is 3.08. The minimum absolute atomic E-state index is 0.319. The van der Waals surface area contributed by atoms with Crippen LogP contribution in [0, 0.1) is 0 Å². The molecule has 0 unspecified atom stereocenters. The summed E-state index contributed by atoms with van der Waals surface area (Å²) in [7, 11) is 0. The molecule has 0 aliphatic carbocycles. The van der Waals surface area contributed by atoms with E-state index in [-0.39, 0.29) is 0 Å². The monoisotopic (exact) mass is 182 g/mol. The SMILES string of the molecule is O=C(O)C(=O)NCCn1cccc1. The molecule has 0 saturated carbocycles. The number of carbonyl (C=O) groups excluding carboxylic acids is 1. The molecule has 1 heterocycles. The van der Waals surface area contributed by atoms with Crippen molar-refractivity contribution < 1.29 is 14.7 Å². The van der Waals surface area contributed by atoms with E-state index in [0.717, 1.165) is 0 Å². The van der Waals surface area contributed by atoms with Crippen molar-refractivity contribution in [2.75, 3.05) is 6.54 Å². The molecule has 0 aromatic carbocycles. The summed E-state index contributed by atoms with van der Waals surface area (Å²) in [6, 6.07) is 3.72. The van der Waals surface area contributed by atoms with E-state index < -0.39 is 11.9 Å². The minimum Gasteiger partial charge on any atom is -0.474 e. The highest BCUT2D eigenvalue weighted by molar-refractivity contribution is 6.31. The van der Waals surface area contributed by atoms with Crippen LogP contribution in [-0.2, 0) is 16.1 Å². The number of carboxylic acid groups (broad SMARTS) is 1. The van der Waals surface area contributed by atoms with Gasteiger partial charge in [-0.25, -0.2) is 4.79 Å². The summed E-state index contributed by atoms with van der Waals surface area (Å²) in [4.78, 5) is 20.6. The van der Waals surface area contributed by atoms with Gasteiger partial charge >= 0.3 is 11.9 Å². The van der Waals surface area contributed by atoms with Crippen molar-refractivity contribution in [1.29, 1.82) is 0 Å². The summed E-state index contributed by atoms with van der Waals surface area (Å²) >= 11 is 0. The Labute approximate surface area is 75.0 Å². The highest BCUT2D eigenvalue weighted by Crippen LogP contribution is 1.87. The Morgan fingerprint density at radius 2 is 1.92 bits per heavy atom. The molecule has 1 rings (SSSR count). The number of nitrogens with zero attached hydrogens (tertiary/aromatic N) is 1. The van der Waals surface area contributed by atoms with Gasteiger partial charge in [0.1, 0.15) is 0 Å². The van der Waals surface area contributed by atoms with Gasteiger partial charge in [0, 0.05) is 25.5 Å². The van der Waals surface area contributed by atoms with Crippen molar-refractivity contribution in [3.05, 3.63) is 24.5 Å². The topological polar surface area (TPSA) is 71.3 Å². The molecule has 1 aromatic heterocycles. The van der Waals surface area contributed by atoms with Crippen LogP contribution in [0.3, 0.4) is 0 Å². The first-order valence-corrected chi connectivity index (χ1v) is 3.82. The van der Waals surface area contributed by atoms with Gasteiger partial charge < -0.3 is 15.0 Å².